The van der Waals surface area contributed by atoms with Crippen LogP contribution in [0.2, 0.25) is 0 Å². The fraction of sp³-hybridized carbons (Fsp3) is 1.00. The van der Waals surface area contributed by atoms with Gasteiger partial charge in [0, 0.05) is 18.4 Å². The van der Waals surface area contributed by atoms with E-state index in [9.17, 15) is 0 Å². The van der Waals surface area contributed by atoms with Crippen molar-refractivity contribution < 1.29 is 4.74 Å². The molecule has 0 spiro atoms. The number of rotatable bonds is 7. The fourth-order valence-corrected chi connectivity index (χ4v) is 3.04. The van der Waals surface area contributed by atoms with Crippen LogP contribution >= 0.6 is 23.2 Å². The highest BCUT2D eigenvalue weighted by Gasteiger charge is 2.26. The standard InChI is InChI=1S/C12H22Cl2O/c1-2-12(9-13,10-14)7-3-5-11-6-4-8-15-11/h11H,2-10H2,1H3. The quantitative estimate of drug-likeness (QED) is 0.617. The SMILES string of the molecule is CCC(CCl)(CCl)CCCC1CCCO1. The van der Waals surface area contributed by atoms with Crippen molar-refractivity contribution >= 4 is 23.2 Å². The number of halogens is 2. The van der Waals surface area contributed by atoms with Gasteiger partial charge in [-0.25, -0.2) is 0 Å². The van der Waals surface area contributed by atoms with Crippen molar-refractivity contribution in [2.24, 2.45) is 5.41 Å². The van der Waals surface area contributed by atoms with E-state index in [0.29, 0.717) is 17.9 Å². The zero-order chi connectivity index (χ0) is 11.1. The van der Waals surface area contributed by atoms with E-state index in [1.807, 2.05) is 0 Å². The minimum absolute atomic E-state index is 0.154. The predicted octanol–water partition coefficient (Wildman–Crippen LogP) is 4.21. The first-order valence-corrected chi connectivity index (χ1v) is 7.07. The van der Waals surface area contributed by atoms with Gasteiger partial charge in [0.05, 0.1) is 6.10 Å². The van der Waals surface area contributed by atoms with E-state index < -0.39 is 0 Å². The van der Waals surface area contributed by atoms with Gasteiger partial charge in [0.15, 0.2) is 0 Å². The molecular weight excluding hydrogens is 231 g/mol. The first-order valence-electron chi connectivity index (χ1n) is 6.00. The summed E-state index contributed by atoms with van der Waals surface area (Å²) in [6, 6.07) is 0. The van der Waals surface area contributed by atoms with Crippen LogP contribution in [-0.4, -0.2) is 24.5 Å². The fourth-order valence-electron chi connectivity index (χ4n) is 2.11. The Morgan fingerprint density at radius 1 is 1.33 bits per heavy atom. The van der Waals surface area contributed by atoms with Gasteiger partial charge in [0.1, 0.15) is 0 Å². The van der Waals surface area contributed by atoms with E-state index in [-0.39, 0.29) is 5.41 Å². The molecule has 1 fully saturated rings. The lowest BCUT2D eigenvalue weighted by atomic mass is 9.83. The second-order valence-electron chi connectivity index (χ2n) is 4.65. The molecular formula is C12H22Cl2O. The van der Waals surface area contributed by atoms with Crippen LogP contribution in [-0.2, 0) is 4.74 Å². The first kappa shape index (κ1) is 13.6. The van der Waals surface area contributed by atoms with Crippen molar-refractivity contribution in [1.82, 2.24) is 0 Å². The summed E-state index contributed by atoms with van der Waals surface area (Å²) in [4.78, 5) is 0. The van der Waals surface area contributed by atoms with Crippen molar-refractivity contribution in [3.63, 3.8) is 0 Å². The second kappa shape index (κ2) is 6.98. The molecule has 90 valence electrons. The molecule has 0 radical (unpaired) electrons. The molecule has 0 amide bonds. The molecule has 1 rings (SSSR count). The zero-order valence-electron chi connectivity index (χ0n) is 9.61. The van der Waals surface area contributed by atoms with E-state index in [1.54, 1.807) is 0 Å². The first-order chi connectivity index (χ1) is 7.26. The lowest BCUT2D eigenvalue weighted by Gasteiger charge is -2.28. The van der Waals surface area contributed by atoms with Gasteiger partial charge in [-0.1, -0.05) is 13.3 Å². The maximum atomic E-state index is 6.00. The largest absolute Gasteiger partial charge is 0.378 e. The molecule has 1 aliphatic rings. The summed E-state index contributed by atoms with van der Waals surface area (Å²) < 4.78 is 5.60. The number of hydrogen-bond donors (Lipinski definition) is 0. The Balaban J connectivity index is 2.21. The van der Waals surface area contributed by atoms with Crippen molar-refractivity contribution in [3.8, 4) is 0 Å². The van der Waals surface area contributed by atoms with Crippen molar-refractivity contribution in [2.75, 3.05) is 18.4 Å². The molecule has 3 heteroatoms. The molecule has 0 aromatic rings. The van der Waals surface area contributed by atoms with Gasteiger partial charge in [-0.3, -0.25) is 0 Å². The molecule has 0 N–H and O–H groups in total. The van der Waals surface area contributed by atoms with E-state index in [0.717, 1.165) is 19.4 Å². The predicted molar refractivity (Wildman–Crippen MR) is 67.0 cm³/mol. The highest BCUT2D eigenvalue weighted by Crippen LogP contribution is 2.32. The Bertz CT molecular complexity index is 155. The third kappa shape index (κ3) is 4.13. The second-order valence-corrected chi connectivity index (χ2v) is 5.18. The molecule has 0 aromatic heterocycles. The average Bonchev–Trinajstić information content (AvgIpc) is 2.78. The molecule has 1 nitrogen and oxygen atoms in total. The third-order valence-corrected chi connectivity index (χ3v) is 4.71. The molecule has 0 saturated carbocycles. The van der Waals surface area contributed by atoms with E-state index >= 15 is 0 Å². The van der Waals surface area contributed by atoms with Gasteiger partial charge < -0.3 is 4.74 Å². The molecule has 1 saturated heterocycles. The Labute approximate surface area is 103 Å². The summed E-state index contributed by atoms with van der Waals surface area (Å²) in [5.74, 6) is 1.36. The zero-order valence-corrected chi connectivity index (χ0v) is 11.1. The van der Waals surface area contributed by atoms with Crippen molar-refractivity contribution in [2.45, 2.75) is 51.6 Å². The van der Waals surface area contributed by atoms with Crippen LogP contribution in [0.5, 0.6) is 0 Å². The highest BCUT2D eigenvalue weighted by atomic mass is 35.5. The van der Waals surface area contributed by atoms with Crippen LogP contribution in [0.3, 0.4) is 0 Å². The maximum Gasteiger partial charge on any atom is 0.0576 e. The molecule has 1 aliphatic heterocycles. The Morgan fingerprint density at radius 2 is 2.07 bits per heavy atom. The van der Waals surface area contributed by atoms with E-state index in [4.69, 9.17) is 27.9 Å². The smallest absolute Gasteiger partial charge is 0.0576 e. The number of alkyl halides is 2. The Kier molecular flexibility index (Phi) is 6.33. The molecule has 1 heterocycles. The molecule has 1 atom stereocenters. The Morgan fingerprint density at radius 3 is 2.53 bits per heavy atom. The van der Waals surface area contributed by atoms with Gasteiger partial charge in [0.25, 0.3) is 0 Å². The van der Waals surface area contributed by atoms with Gasteiger partial charge in [-0.15, -0.1) is 23.2 Å². The van der Waals surface area contributed by atoms with Crippen LogP contribution in [0.1, 0.15) is 45.4 Å². The average molecular weight is 253 g/mol. The minimum atomic E-state index is 0.154. The topological polar surface area (TPSA) is 9.23 Å². The van der Waals surface area contributed by atoms with E-state index in [2.05, 4.69) is 6.92 Å². The number of ether oxygens (including phenoxy) is 1. The van der Waals surface area contributed by atoms with Gasteiger partial charge in [-0.2, -0.15) is 0 Å². The van der Waals surface area contributed by atoms with E-state index in [1.165, 1.54) is 25.7 Å². The summed E-state index contributed by atoms with van der Waals surface area (Å²) in [7, 11) is 0. The highest BCUT2D eigenvalue weighted by molar-refractivity contribution is 6.21. The molecule has 0 aliphatic carbocycles. The summed E-state index contributed by atoms with van der Waals surface area (Å²) in [5.41, 5.74) is 0.154. The molecule has 0 aromatic carbocycles. The summed E-state index contributed by atoms with van der Waals surface area (Å²) in [6.07, 6.45) is 7.55. The third-order valence-electron chi connectivity index (χ3n) is 3.57. The summed E-state index contributed by atoms with van der Waals surface area (Å²) >= 11 is 12.0. The number of hydrogen-bond acceptors (Lipinski definition) is 1. The summed E-state index contributed by atoms with van der Waals surface area (Å²) in [6.45, 7) is 3.13. The summed E-state index contributed by atoms with van der Waals surface area (Å²) in [5, 5.41) is 0. The van der Waals surface area contributed by atoms with Crippen molar-refractivity contribution in [3.05, 3.63) is 0 Å². The monoisotopic (exact) mass is 252 g/mol. The lowest BCUT2D eigenvalue weighted by Crippen LogP contribution is -2.24. The lowest BCUT2D eigenvalue weighted by molar-refractivity contribution is 0.0988. The van der Waals surface area contributed by atoms with Crippen LogP contribution in [0.15, 0.2) is 0 Å². The van der Waals surface area contributed by atoms with Crippen LogP contribution in [0.4, 0.5) is 0 Å². The molecule has 1 unspecified atom stereocenters. The van der Waals surface area contributed by atoms with Gasteiger partial charge >= 0.3 is 0 Å². The normalized spacial score (nSPS) is 22.2. The maximum absolute atomic E-state index is 6.00. The van der Waals surface area contributed by atoms with Gasteiger partial charge in [0.2, 0.25) is 0 Å². The van der Waals surface area contributed by atoms with Crippen LogP contribution in [0, 0.1) is 5.41 Å². The Hall–Kier alpha value is 0.540. The van der Waals surface area contributed by atoms with Crippen LogP contribution in [0.25, 0.3) is 0 Å². The van der Waals surface area contributed by atoms with Gasteiger partial charge in [-0.05, 0) is 37.5 Å². The van der Waals surface area contributed by atoms with Crippen LogP contribution < -0.4 is 0 Å². The van der Waals surface area contributed by atoms with Crippen molar-refractivity contribution in [1.29, 1.82) is 0 Å². The molecule has 15 heavy (non-hydrogen) atoms. The minimum Gasteiger partial charge on any atom is -0.378 e. The molecule has 0 bridgehead atoms.